The third-order valence-corrected chi connectivity index (χ3v) is 2.41. The average molecular weight is 245 g/mol. The van der Waals surface area contributed by atoms with Gasteiger partial charge in [0.2, 0.25) is 0 Å². The van der Waals surface area contributed by atoms with Crippen LogP contribution in [0.2, 0.25) is 0 Å². The fourth-order valence-corrected chi connectivity index (χ4v) is 1.50. The highest BCUT2D eigenvalue weighted by Crippen LogP contribution is 2.19. The van der Waals surface area contributed by atoms with Crippen LogP contribution in [-0.4, -0.2) is 27.1 Å². The quantitative estimate of drug-likeness (QED) is 0.716. The summed E-state index contributed by atoms with van der Waals surface area (Å²) in [6.07, 6.45) is 1.22. The number of hydrogen-bond acceptors (Lipinski definition) is 4. The lowest BCUT2D eigenvalue weighted by atomic mass is 10.1. The molecule has 6 heteroatoms. The molecule has 1 aromatic carbocycles. The Morgan fingerprint density at radius 2 is 2.17 bits per heavy atom. The summed E-state index contributed by atoms with van der Waals surface area (Å²) in [7, 11) is 0. The normalized spacial score (nSPS) is 10.1. The van der Waals surface area contributed by atoms with Gasteiger partial charge < -0.3 is 10.4 Å². The average Bonchev–Trinajstić information content (AvgIpc) is 2.77. The standard InChI is InChI=1S/C12H11N3O3/c1-7(16)8-3-2-4-9(5-8)14-11-10(12(17)18)6-13-15-11/h2-6H,1H3,(H,17,18)(H2,13,14,15). The number of H-pyrrole nitrogens is 1. The first-order valence-corrected chi connectivity index (χ1v) is 5.22. The molecule has 1 heterocycles. The van der Waals surface area contributed by atoms with E-state index in [-0.39, 0.29) is 17.2 Å². The smallest absolute Gasteiger partial charge is 0.341 e. The Bertz CT molecular complexity index is 604. The van der Waals surface area contributed by atoms with E-state index in [2.05, 4.69) is 15.5 Å². The molecule has 1 aromatic heterocycles. The van der Waals surface area contributed by atoms with Gasteiger partial charge in [0.15, 0.2) is 5.78 Å². The molecule has 0 aliphatic rings. The zero-order valence-corrected chi connectivity index (χ0v) is 9.60. The van der Waals surface area contributed by atoms with Crippen LogP contribution in [0.4, 0.5) is 11.5 Å². The Kier molecular flexibility index (Phi) is 3.09. The Morgan fingerprint density at radius 3 is 2.83 bits per heavy atom. The van der Waals surface area contributed by atoms with Crippen LogP contribution < -0.4 is 5.32 Å². The zero-order valence-electron chi connectivity index (χ0n) is 9.60. The van der Waals surface area contributed by atoms with Crippen molar-refractivity contribution in [1.29, 1.82) is 0 Å². The fourth-order valence-electron chi connectivity index (χ4n) is 1.50. The molecule has 6 nitrogen and oxygen atoms in total. The van der Waals surface area contributed by atoms with Crippen molar-refractivity contribution >= 4 is 23.3 Å². The Hall–Kier alpha value is -2.63. The summed E-state index contributed by atoms with van der Waals surface area (Å²) in [6, 6.07) is 6.79. The minimum atomic E-state index is -1.08. The molecule has 0 aliphatic carbocycles. The van der Waals surface area contributed by atoms with E-state index >= 15 is 0 Å². The summed E-state index contributed by atoms with van der Waals surface area (Å²) in [5.74, 6) is -0.848. The number of carbonyl (C=O) groups excluding carboxylic acids is 1. The number of hydrogen-bond donors (Lipinski definition) is 3. The highest BCUT2D eigenvalue weighted by molar-refractivity contribution is 5.96. The number of carboxylic acid groups (broad SMARTS) is 1. The van der Waals surface area contributed by atoms with Crippen LogP contribution in [0.15, 0.2) is 30.5 Å². The first kappa shape index (κ1) is 11.8. The van der Waals surface area contributed by atoms with Gasteiger partial charge in [0.1, 0.15) is 11.4 Å². The predicted octanol–water partition coefficient (Wildman–Crippen LogP) is 2.05. The lowest BCUT2D eigenvalue weighted by Gasteiger charge is -2.06. The van der Waals surface area contributed by atoms with Gasteiger partial charge in [-0.1, -0.05) is 12.1 Å². The largest absolute Gasteiger partial charge is 0.477 e. The van der Waals surface area contributed by atoms with Gasteiger partial charge in [0.25, 0.3) is 0 Å². The van der Waals surface area contributed by atoms with Crippen molar-refractivity contribution in [3.63, 3.8) is 0 Å². The van der Waals surface area contributed by atoms with Crippen molar-refractivity contribution in [2.24, 2.45) is 0 Å². The molecule has 0 aliphatic heterocycles. The molecule has 0 saturated heterocycles. The molecule has 2 aromatic rings. The minimum absolute atomic E-state index is 0.0447. The van der Waals surface area contributed by atoms with Crippen molar-refractivity contribution in [3.05, 3.63) is 41.6 Å². The van der Waals surface area contributed by atoms with E-state index in [1.165, 1.54) is 13.1 Å². The maximum atomic E-state index is 11.2. The van der Waals surface area contributed by atoms with Crippen LogP contribution in [0, 0.1) is 0 Å². The minimum Gasteiger partial charge on any atom is -0.477 e. The van der Waals surface area contributed by atoms with E-state index in [9.17, 15) is 9.59 Å². The van der Waals surface area contributed by atoms with E-state index < -0.39 is 5.97 Å². The van der Waals surface area contributed by atoms with Crippen LogP contribution in [0.3, 0.4) is 0 Å². The molecule has 0 unspecified atom stereocenters. The molecule has 92 valence electrons. The van der Waals surface area contributed by atoms with Crippen LogP contribution in [0.25, 0.3) is 0 Å². The van der Waals surface area contributed by atoms with Gasteiger partial charge in [-0.15, -0.1) is 0 Å². The lowest BCUT2D eigenvalue weighted by Crippen LogP contribution is -2.01. The second-order valence-corrected chi connectivity index (χ2v) is 3.73. The molecule has 0 radical (unpaired) electrons. The van der Waals surface area contributed by atoms with E-state index in [0.29, 0.717) is 11.3 Å². The fraction of sp³-hybridized carbons (Fsp3) is 0.0833. The SMILES string of the molecule is CC(=O)c1cccc(Nc2[nH]ncc2C(=O)O)c1. The van der Waals surface area contributed by atoms with Gasteiger partial charge in [-0.3, -0.25) is 9.89 Å². The highest BCUT2D eigenvalue weighted by Gasteiger charge is 2.12. The number of nitrogens with one attached hydrogen (secondary N) is 2. The predicted molar refractivity (Wildman–Crippen MR) is 65.3 cm³/mol. The monoisotopic (exact) mass is 245 g/mol. The van der Waals surface area contributed by atoms with Crippen molar-refractivity contribution in [2.75, 3.05) is 5.32 Å². The molecular formula is C12H11N3O3. The first-order valence-electron chi connectivity index (χ1n) is 5.22. The van der Waals surface area contributed by atoms with Crippen molar-refractivity contribution in [1.82, 2.24) is 10.2 Å². The number of benzene rings is 1. The highest BCUT2D eigenvalue weighted by atomic mass is 16.4. The molecule has 2 rings (SSSR count). The second-order valence-electron chi connectivity index (χ2n) is 3.73. The van der Waals surface area contributed by atoms with Gasteiger partial charge in [-0.05, 0) is 19.1 Å². The van der Waals surface area contributed by atoms with Gasteiger partial charge in [-0.2, -0.15) is 5.10 Å². The van der Waals surface area contributed by atoms with Gasteiger partial charge in [-0.25, -0.2) is 4.79 Å². The molecule has 18 heavy (non-hydrogen) atoms. The van der Waals surface area contributed by atoms with Gasteiger partial charge >= 0.3 is 5.97 Å². The number of anilines is 2. The lowest BCUT2D eigenvalue weighted by molar-refractivity contribution is 0.0698. The van der Waals surface area contributed by atoms with Crippen LogP contribution >= 0.6 is 0 Å². The van der Waals surface area contributed by atoms with Gasteiger partial charge in [0, 0.05) is 11.3 Å². The molecule has 0 bridgehead atoms. The summed E-state index contributed by atoms with van der Waals surface area (Å²) >= 11 is 0. The number of aromatic carboxylic acids is 1. The Balaban J connectivity index is 2.28. The third kappa shape index (κ3) is 2.37. The molecule has 0 fully saturated rings. The Morgan fingerprint density at radius 1 is 1.39 bits per heavy atom. The van der Waals surface area contributed by atoms with Crippen LogP contribution in [0.1, 0.15) is 27.6 Å². The number of aromatic nitrogens is 2. The number of carbonyl (C=O) groups is 2. The number of rotatable bonds is 4. The number of aromatic amines is 1. The second kappa shape index (κ2) is 4.70. The van der Waals surface area contributed by atoms with Crippen LogP contribution in [-0.2, 0) is 0 Å². The first-order chi connectivity index (χ1) is 8.58. The molecule has 3 N–H and O–H groups in total. The van der Waals surface area contributed by atoms with E-state index in [1.54, 1.807) is 24.3 Å². The molecule has 0 amide bonds. The van der Waals surface area contributed by atoms with Crippen molar-refractivity contribution < 1.29 is 14.7 Å². The number of carboxylic acids is 1. The Labute approximate surface area is 103 Å². The number of ketones is 1. The molecule has 0 atom stereocenters. The topological polar surface area (TPSA) is 95.1 Å². The summed E-state index contributed by atoms with van der Waals surface area (Å²) in [6.45, 7) is 1.47. The summed E-state index contributed by atoms with van der Waals surface area (Å²) in [5, 5.41) is 18.0. The maximum Gasteiger partial charge on any atom is 0.341 e. The molecule has 0 spiro atoms. The summed E-state index contributed by atoms with van der Waals surface area (Å²) < 4.78 is 0. The summed E-state index contributed by atoms with van der Waals surface area (Å²) in [4.78, 5) is 22.1. The summed E-state index contributed by atoms with van der Waals surface area (Å²) in [5.41, 5.74) is 1.22. The van der Waals surface area contributed by atoms with Gasteiger partial charge in [0.05, 0.1) is 6.20 Å². The van der Waals surface area contributed by atoms with E-state index in [1.807, 2.05) is 0 Å². The van der Waals surface area contributed by atoms with Crippen molar-refractivity contribution in [2.45, 2.75) is 6.92 Å². The maximum absolute atomic E-state index is 11.2. The third-order valence-electron chi connectivity index (χ3n) is 2.41. The number of nitrogens with zero attached hydrogens (tertiary/aromatic N) is 1. The molecular weight excluding hydrogens is 234 g/mol. The molecule has 0 saturated carbocycles. The zero-order chi connectivity index (χ0) is 13.1. The van der Waals surface area contributed by atoms with E-state index in [0.717, 1.165) is 0 Å². The van der Waals surface area contributed by atoms with Crippen LogP contribution in [0.5, 0.6) is 0 Å². The number of Topliss-reactive ketones (excluding diaryl/α,β-unsaturated/α-hetero) is 1. The van der Waals surface area contributed by atoms with E-state index in [4.69, 9.17) is 5.11 Å². The van der Waals surface area contributed by atoms with Crippen molar-refractivity contribution in [3.8, 4) is 0 Å².